The van der Waals surface area contributed by atoms with E-state index in [2.05, 4.69) is 21.4 Å². The summed E-state index contributed by atoms with van der Waals surface area (Å²) in [5.41, 5.74) is 2.54. The summed E-state index contributed by atoms with van der Waals surface area (Å²) in [6, 6.07) is 16.7. The number of rotatable bonds is 4. The molecular formula is C21H13FN6. The van der Waals surface area contributed by atoms with E-state index in [-0.39, 0.29) is 17.1 Å². The SMILES string of the molecule is Cc1cnc(Nc2ccc(C#N)cc2)nc1C(C#N)c1ccc(C#N)cc1F. The Balaban J connectivity index is 1.96. The minimum Gasteiger partial charge on any atom is -0.324 e. The average molecular weight is 368 g/mol. The van der Waals surface area contributed by atoms with Crippen molar-refractivity contribution in [2.45, 2.75) is 12.8 Å². The molecule has 3 aromatic rings. The van der Waals surface area contributed by atoms with Gasteiger partial charge in [-0.25, -0.2) is 14.4 Å². The number of halogens is 1. The molecule has 0 saturated heterocycles. The Labute approximate surface area is 161 Å². The maximum Gasteiger partial charge on any atom is 0.227 e. The standard InChI is InChI=1S/C21H13FN6/c1-13-12-26-21(27-16-5-2-14(9-23)3-6-16)28-20(13)18(11-25)17-7-4-15(10-24)8-19(17)22/h2-8,12,18H,1H3,(H,26,27,28). The van der Waals surface area contributed by atoms with E-state index in [1.165, 1.54) is 12.1 Å². The van der Waals surface area contributed by atoms with E-state index < -0.39 is 11.7 Å². The van der Waals surface area contributed by atoms with Crippen LogP contribution in [0.4, 0.5) is 16.0 Å². The third-order valence-electron chi connectivity index (χ3n) is 4.12. The summed E-state index contributed by atoms with van der Waals surface area (Å²) < 4.78 is 14.4. The van der Waals surface area contributed by atoms with Crippen molar-refractivity contribution in [1.29, 1.82) is 15.8 Å². The van der Waals surface area contributed by atoms with Crippen LogP contribution in [0.25, 0.3) is 0 Å². The Morgan fingerprint density at radius 3 is 2.29 bits per heavy atom. The quantitative estimate of drug-likeness (QED) is 0.743. The Bertz CT molecular complexity index is 1150. The molecule has 1 atom stereocenters. The number of benzene rings is 2. The van der Waals surface area contributed by atoms with Crippen LogP contribution in [0.1, 0.15) is 33.9 Å². The van der Waals surface area contributed by atoms with Crippen LogP contribution in [-0.4, -0.2) is 9.97 Å². The Kier molecular flexibility index (Phi) is 5.25. The number of hydrogen-bond acceptors (Lipinski definition) is 6. The molecule has 28 heavy (non-hydrogen) atoms. The first-order valence-corrected chi connectivity index (χ1v) is 8.25. The van der Waals surface area contributed by atoms with Crippen LogP contribution in [0.15, 0.2) is 48.7 Å². The molecule has 7 heteroatoms. The van der Waals surface area contributed by atoms with Crippen LogP contribution in [-0.2, 0) is 0 Å². The minimum absolute atomic E-state index is 0.146. The lowest BCUT2D eigenvalue weighted by molar-refractivity contribution is 0.607. The molecule has 0 aliphatic carbocycles. The third-order valence-corrected chi connectivity index (χ3v) is 4.12. The first-order valence-electron chi connectivity index (χ1n) is 8.25. The van der Waals surface area contributed by atoms with Crippen molar-refractivity contribution in [1.82, 2.24) is 9.97 Å². The molecule has 3 rings (SSSR count). The Hall–Kier alpha value is -4.28. The molecule has 0 aliphatic heterocycles. The highest BCUT2D eigenvalue weighted by molar-refractivity contribution is 5.55. The zero-order valence-corrected chi connectivity index (χ0v) is 14.8. The molecule has 0 saturated carbocycles. The Morgan fingerprint density at radius 1 is 1.00 bits per heavy atom. The van der Waals surface area contributed by atoms with Crippen molar-refractivity contribution in [3.8, 4) is 18.2 Å². The fraction of sp³-hybridized carbons (Fsp3) is 0.0952. The number of nitriles is 3. The summed E-state index contributed by atoms with van der Waals surface area (Å²) >= 11 is 0. The van der Waals surface area contributed by atoms with E-state index in [0.29, 0.717) is 22.5 Å². The third kappa shape index (κ3) is 3.77. The van der Waals surface area contributed by atoms with Crippen molar-refractivity contribution in [3.63, 3.8) is 0 Å². The van der Waals surface area contributed by atoms with Crippen LogP contribution in [0.2, 0.25) is 0 Å². The number of aryl methyl sites for hydroxylation is 1. The lowest BCUT2D eigenvalue weighted by atomic mass is 9.93. The predicted molar refractivity (Wildman–Crippen MR) is 99.8 cm³/mol. The van der Waals surface area contributed by atoms with Crippen molar-refractivity contribution in [2.75, 3.05) is 5.32 Å². The highest BCUT2D eigenvalue weighted by atomic mass is 19.1. The predicted octanol–water partition coefficient (Wildman–Crippen LogP) is 4.07. The lowest BCUT2D eigenvalue weighted by Gasteiger charge is -2.14. The lowest BCUT2D eigenvalue weighted by Crippen LogP contribution is -2.09. The van der Waals surface area contributed by atoms with Gasteiger partial charge in [0.2, 0.25) is 5.95 Å². The van der Waals surface area contributed by atoms with Crippen LogP contribution >= 0.6 is 0 Å². The normalized spacial score (nSPS) is 11.0. The highest BCUT2D eigenvalue weighted by Gasteiger charge is 2.22. The van der Waals surface area contributed by atoms with Crippen molar-refractivity contribution in [2.24, 2.45) is 0 Å². The van der Waals surface area contributed by atoms with Gasteiger partial charge in [0.05, 0.1) is 35.0 Å². The fourth-order valence-electron chi connectivity index (χ4n) is 2.67. The van der Waals surface area contributed by atoms with E-state index >= 15 is 0 Å². The number of nitrogens with one attached hydrogen (secondary N) is 1. The van der Waals surface area contributed by atoms with Crippen LogP contribution < -0.4 is 5.32 Å². The van der Waals surface area contributed by atoms with Gasteiger partial charge in [0.25, 0.3) is 0 Å². The molecular weight excluding hydrogens is 355 g/mol. The molecule has 0 amide bonds. The summed E-state index contributed by atoms with van der Waals surface area (Å²) in [5.74, 6) is -1.33. The second kappa shape index (κ2) is 7.95. The van der Waals surface area contributed by atoms with Gasteiger partial charge < -0.3 is 5.32 Å². The Morgan fingerprint density at radius 2 is 1.68 bits per heavy atom. The minimum atomic E-state index is -0.947. The molecule has 0 fully saturated rings. The van der Waals surface area contributed by atoms with Gasteiger partial charge in [-0.2, -0.15) is 15.8 Å². The maximum absolute atomic E-state index is 14.4. The number of aromatic nitrogens is 2. The average Bonchev–Trinajstić information content (AvgIpc) is 2.72. The highest BCUT2D eigenvalue weighted by Crippen LogP contribution is 2.28. The van der Waals surface area contributed by atoms with Crippen molar-refractivity contribution < 1.29 is 4.39 Å². The maximum atomic E-state index is 14.4. The van der Waals surface area contributed by atoms with Gasteiger partial charge in [-0.1, -0.05) is 6.07 Å². The van der Waals surface area contributed by atoms with E-state index in [9.17, 15) is 9.65 Å². The van der Waals surface area contributed by atoms with Crippen LogP contribution in [0.3, 0.4) is 0 Å². The van der Waals surface area contributed by atoms with Crippen molar-refractivity contribution >= 4 is 11.6 Å². The summed E-state index contributed by atoms with van der Waals surface area (Å²) in [5, 5.41) is 30.4. The first-order chi connectivity index (χ1) is 13.5. The first kappa shape index (κ1) is 18.5. The van der Waals surface area contributed by atoms with Crippen LogP contribution in [0, 0.1) is 46.7 Å². The number of hydrogen-bond donors (Lipinski definition) is 1. The molecule has 0 spiro atoms. The number of nitrogens with zero attached hydrogens (tertiary/aromatic N) is 5. The monoisotopic (exact) mass is 368 g/mol. The van der Waals surface area contributed by atoms with E-state index in [4.69, 9.17) is 10.5 Å². The molecule has 1 unspecified atom stereocenters. The van der Waals surface area contributed by atoms with Gasteiger partial charge in [-0.05, 0) is 48.9 Å². The van der Waals surface area contributed by atoms with E-state index in [0.717, 1.165) is 6.07 Å². The second-order valence-electron chi connectivity index (χ2n) is 5.99. The van der Waals surface area contributed by atoms with Gasteiger partial charge in [0, 0.05) is 17.4 Å². The van der Waals surface area contributed by atoms with Gasteiger partial charge in [0.1, 0.15) is 11.7 Å². The molecule has 6 nitrogen and oxygen atoms in total. The topological polar surface area (TPSA) is 109 Å². The molecule has 1 heterocycles. The zero-order chi connectivity index (χ0) is 20.1. The van der Waals surface area contributed by atoms with Gasteiger partial charge >= 0.3 is 0 Å². The second-order valence-corrected chi connectivity index (χ2v) is 5.99. The number of anilines is 2. The zero-order valence-electron chi connectivity index (χ0n) is 14.8. The smallest absolute Gasteiger partial charge is 0.227 e. The summed E-state index contributed by atoms with van der Waals surface area (Å²) in [7, 11) is 0. The van der Waals surface area contributed by atoms with E-state index in [1.54, 1.807) is 37.4 Å². The molecule has 0 bridgehead atoms. The molecule has 1 aromatic heterocycles. The fourth-order valence-corrected chi connectivity index (χ4v) is 2.67. The van der Waals surface area contributed by atoms with Gasteiger partial charge in [0.15, 0.2) is 0 Å². The molecule has 0 radical (unpaired) electrons. The van der Waals surface area contributed by atoms with E-state index in [1.807, 2.05) is 12.1 Å². The van der Waals surface area contributed by atoms with Gasteiger partial charge in [-0.3, -0.25) is 0 Å². The summed E-state index contributed by atoms with van der Waals surface area (Å²) in [6.07, 6.45) is 1.56. The molecule has 2 aromatic carbocycles. The summed E-state index contributed by atoms with van der Waals surface area (Å²) in [4.78, 5) is 8.60. The largest absolute Gasteiger partial charge is 0.324 e. The molecule has 0 aliphatic rings. The van der Waals surface area contributed by atoms with Crippen molar-refractivity contribution in [3.05, 3.63) is 82.4 Å². The molecule has 1 N–H and O–H groups in total. The summed E-state index contributed by atoms with van der Waals surface area (Å²) in [6.45, 7) is 1.74. The molecule has 134 valence electrons. The van der Waals surface area contributed by atoms with Gasteiger partial charge in [-0.15, -0.1) is 0 Å². The van der Waals surface area contributed by atoms with Crippen LogP contribution in [0.5, 0.6) is 0 Å².